The highest BCUT2D eigenvalue weighted by Gasteiger charge is 2.01. The number of halogens is 1. The second-order valence-electron chi connectivity index (χ2n) is 4.07. The summed E-state index contributed by atoms with van der Waals surface area (Å²) in [5.41, 5.74) is 1.86. The lowest BCUT2D eigenvalue weighted by Gasteiger charge is -2.06. The van der Waals surface area contributed by atoms with Crippen LogP contribution in [0.3, 0.4) is 0 Å². The minimum absolute atomic E-state index is 0.0433. The maximum absolute atomic E-state index is 8.57. The largest absolute Gasteiger partial charge is 0.394 e. The number of ether oxygens (including phenoxy) is 1. The first-order chi connectivity index (χ1) is 9.79. The van der Waals surface area contributed by atoms with Gasteiger partial charge in [-0.25, -0.2) is 0 Å². The predicted molar refractivity (Wildman–Crippen MR) is 81.6 cm³/mol. The molecule has 0 fully saturated rings. The van der Waals surface area contributed by atoms with E-state index in [1.165, 1.54) is 0 Å². The molecule has 0 unspecified atom stereocenters. The zero-order valence-electron chi connectivity index (χ0n) is 10.9. The van der Waals surface area contributed by atoms with Crippen molar-refractivity contribution in [3.63, 3.8) is 0 Å². The fraction of sp³-hybridized carbons (Fsp3) is 0.286. The number of nitrogens with one attached hydrogen (secondary N) is 1. The van der Waals surface area contributed by atoms with Crippen LogP contribution in [0.5, 0.6) is 0 Å². The average molecular weight is 338 g/mol. The van der Waals surface area contributed by atoms with Gasteiger partial charge in [0.2, 0.25) is 0 Å². The van der Waals surface area contributed by atoms with Gasteiger partial charge in [-0.05, 0) is 24.3 Å². The summed E-state index contributed by atoms with van der Waals surface area (Å²) in [6, 6.07) is 11.7. The van der Waals surface area contributed by atoms with Crippen molar-refractivity contribution >= 4 is 21.7 Å². The zero-order chi connectivity index (χ0) is 14.2. The molecule has 2 N–H and O–H groups in total. The van der Waals surface area contributed by atoms with Gasteiger partial charge in [0.05, 0.1) is 25.5 Å². The molecule has 0 saturated heterocycles. The van der Waals surface area contributed by atoms with Gasteiger partial charge in [0.1, 0.15) is 5.82 Å². The van der Waals surface area contributed by atoms with Gasteiger partial charge in [0.25, 0.3) is 0 Å². The number of rotatable bonds is 7. The Morgan fingerprint density at radius 2 is 1.85 bits per heavy atom. The van der Waals surface area contributed by atoms with Gasteiger partial charge in [-0.15, -0.1) is 10.2 Å². The SMILES string of the molecule is OCCOCCNc1ccc(-c2ccc(Br)cc2)nn1. The Hall–Kier alpha value is -1.50. The third-order valence-electron chi connectivity index (χ3n) is 2.59. The first kappa shape index (κ1) is 14.9. The molecule has 2 aromatic rings. The van der Waals surface area contributed by atoms with Gasteiger partial charge >= 0.3 is 0 Å². The quantitative estimate of drug-likeness (QED) is 0.759. The van der Waals surface area contributed by atoms with E-state index in [1.807, 2.05) is 36.4 Å². The molecule has 0 amide bonds. The van der Waals surface area contributed by atoms with Crippen LogP contribution in [-0.2, 0) is 4.74 Å². The van der Waals surface area contributed by atoms with E-state index in [4.69, 9.17) is 9.84 Å². The van der Waals surface area contributed by atoms with Crippen molar-refractivity contribution in [2.24, 2.45) is 0 Å². The Balaban J connectivity index is 1.88. The molecule has 0 aliphatic rings. The second-order valence-corrected chi connectivity index (χ2v) is 4.99. The maximum Gasteiger partial charge on any atom is 0.148 e. The summed E-state index contributed by atoms with van der Waals surface area (Å²) in [6.07, 6.45) is 0. The fourth-order valence-corrected chi connectivity index (χ4v) is 1.88. The van der Waals surface area contributed by atoms with E-state index in [9.17, 15) is 0 Å². The Morgan fingerprint density at radius 3 is 2.50 bits per heavy atom. The molecule has 0 bridgehead atoms. The Bertz CT molecular complexity index is 517. The molecule has 106 valence electrons. The maximum atomic E-state index is 8.57. The van der Waals surface area contributed by atoms with Gasteiger partial charge in [0, 0.05) is 16.6 Å². The van der Waals surface area contributed by atoms with Crippen LogP contribution in [0.2, 0.25) is 0 Å². The van der Waals surface area contributed by atoms with Crippen molar-refractivity contribution in [1.82, 2.24) is 10.2 Å². The molecule has 1 heterocycles. The Morgan fingerprint density at radius 1 is 1.05 bits per heavy atom. The van der Waals surface area contributed by atoms with E-state index >= 15 is 0 Å². The lowest BCUT2D eigenvalue weighted by atomic mass is 10.1. The molecule has 0 spiro atoms. The third kappa shape index (κ3) is 4.56. The fourth-order valence-electron chi connectivity index (χ4n) is 1.62. The topological polar surface area (TPSA) is 67.3 Å². The highest BCUT2D eigenvalue weighted by atomic mass is 79.9. The molecular weight excluding hydrogens is 322 g/mol. The third-order valence-corrected chi connectivity index (χ3v) is 3.12. The minimum Gasteiger partial charge on any atom is -0.394 e. The van der Waals surface area contributed by atoms with E-state index in [0.717, 1.165) is 15.7 Å². The van der Waals surface area contributed by atoms with Crippen LogP contribution in [-0.4, -0.2) is 41.7 Å². The van der Waals surface area contributed by atoms with E-state index < -0.39 is 0 Å². The normalized spacial score (nSPS) is 10.5. The van der Waals surface area contributed by atoms with Crippen LogP contribution in [0.15, 0.2) is 40.9 Å². The summed E-state index contributed by atoms with van der Waals surface area (Å²) in [6.45, 7) is 1.56. The number of hydrogen-bond donors (Lipinski definition) is 2. The van der Waals surface area contributed by atoms with Gasteiger partial charge in [-0.3, -0.25) is 0 Å². The van der Waals surface area contributed by atoms with Crippen LogP contribution < -0.4 is 5.32 Å². The highest BCUT2D eigenvalue weighted by Crippen LogP contribution is 2.19. The van der Waals surface area contributed by atoms with Gasteiger partial charge in [0.15, 0.2) is 0 Å². The summed E-state index contributed by atoms with van der Waals surface area (Å²) >= 11 is 3.40. The number of aliphatic hydroxyl groups excluding tert-OH is 1. The smallest absolute Gasteiger partial charge is 0.148 e. The molecular formula is C14H16BrN3O2. The van der Waals surface area contributed by atoms with Crippen LogP contribution >= 0.6 is 15.9 Å². The van der Waals surface area contributed by atoms with Gasteiger partial charge in [-0.1, -0.05) is 28.1 Å². The van der Waals surface area contributed by atoms with Crippen molar-refractivity contribution in [3.8, 4) is 11.3 Å². The molecule has 5 nitrogen and oxygen atoms in total. The lowest BCUT2D eigenvalue weighted by molar-refractivity contribution is 0.0992. The highest BCUT2D eigenvalue weighted by molar-refractivity contribution is 9.10. The molecule has 0 atom stereocenters. The first-order valence-corrected chi connectivity index (χ1v) is 7.11. The van der Waals surface area contributed by atoms with Crippen LogP contribution in [0.4, 0.5) is 5.82 Å². The van der Waals surface area contributed by atoms with Crippen molar-refractivity contribution in [3.05, 3.63) is 40.9 Å². The number of hydrogen-bond acceptors (Lipinski definition) is 5. The molecule has 20 heavy (non-hydrogen) atoms. The van der Waals surface area contributed by atoms with E-state index in [0.29, 0.717) is 25.6 Å². The molecule has 0 aliphatic heterocycles. The number of benzene rings is 1. The molecule has 2 rings (SSSR count). The summed E-state index contributed by atoms with van der Waals surface area (Å²) in [4.78, 5) is 0. The summed E-state index contributed by atoms with van der Waals surface area (Å²) in [5.74, 6) is 0.707. The number of anilines is 1. The Kier molecular flexibility index (Phi) is 5.91. The lowest BCUT2D eigenvalue weighted by Crippen LogP contribution is -2.12. The van der Waals surface area contributed by atoms with Crippen LogP contribution in [0.1, 0.15) is 0 Å². The monoisotopic (exact) mass is 337 g/mol. The summed E-state index contributed by atoms with van der Waals surface area (Å²) < 4.78 is 6.18. The molecule has 1 aromatic carbocycles. The van der Waals surface area contributed by atoms with Crippen LogP contribution in [0.25, 0.3) is 11.3 Å². The van der Waals surface area contributed by atoms with Gasteiger partial charge < -0.3 is 15.2 Å². The zero-order valence-corrected chi connectivity index (χ0v) is 12.5. The van der Waals surface area contributed by atoms with Crippen LogP contribution in [0, 0.1) is 0 Å². The number of aromatic nitrogens is 2. The molecule has 0 radical (unpaired) electrons. The minimum atomic E-state index is 0.0433. The molecule has 6 heteroatoms. The second kappa shape index (κ2) is 7.94. The summed E-state index contributed by atoms with van der Waals surface area (Å²) in [5, 5.41) is 20.0. The number of aliphatic hydroxyl groups is 1. The standard InChI is InChI=1S/C14H16BrN3O2/c15-12-3-1-11(2-4-12)13-5-6-14(18-17-13)16-7-9-20-10-8-19/h1-6,19H,7-10H2,(H,16,18). The van der Waals surface area contributed by atoms with Gasteiger partial charge in [-0.2, -0.15) is 0 Å². The van der Waals surface area contributed by atoms with E-state index in [2.05, 4.69) is 31.4 Å². The predicted octanol–water partition coefficient (Wildman–Crippen LogP) is 2.33. The van der Waals surface area contributed by atoms with E-state index in [-0.39, 0.29) is 6.61 Å². The van der Waals surface area contributed by atoms with Crippen molar-refractivity contribution in [1.29, 1.82) is 0 Å². The van der Waals surface area contributed by atoms with Crippen molar-refractivity contribution in [2.75, 3.05) is 31.7 Å². The van der Waals surface area contributed by atoms with E-state index in [1.54, 1.807) is 0 Å². The van der Waals surface area contributed by atoms with Crippen molar-refractivity contribution < 1.29 is 9.84 Å². The number of nitrogens with zero attached hydrogens (tertiary/aromatic N) is 2. The molecule has 0 saturated carbocycles. The first-order valence-electron chi connectivity index (χ1n) is 6.32. The molecule has 1 aromatic heterocycles. The van der Waals surface area contributed by atoms with Crippen molar-refractivity contribution in [2.45, 2.75) is 0 Å². The summed E-state index contributed by atoms with van der Waals surface area (Å²) in [7, 11) is 0. The molecule has 0 aliphatic carbocycles. The Labute approximate surface area is 126 Å². The average Bonchev–Trinajstić information content (AvgIpc) is 2.49.